The second-order valence-corrected chi connectivity index (χ2v) is 6.49. The number of hydrogen-bond donors (Lipinski definition) is 1. The third kappa shape index (κ3) is 2.93. The van der Waals surface area contributed by atoms with Crippen molar-refractivity contribution in [1.29, 1.82) is 0 Å². The molecule has 2 heterocycles. The van der Waals surface area contributed by atoms with Crippen molar-refractivity contribution in [2.24, 2.45) is 0 Å². The van der Waals surface area contributed by atoms with Crippen LogP contribution in [-0.2, 0) is 12.8 Å². The van der Waals surface area contributed by atoms with E-state index >= 15 is 0 Å². The second kappa shape index (κ2) is 6.16. The number of aromatic nitrogens is 3. The highest BCUT2D eigenvalue weighted by atomic mass is 16.2. The molecule has 0 aliphatic heterocycles. The van der Waals surface area contributed by atoms with E-state index in [-0.39, 0.29) is 5.91 Å². The van der Waals surface area contributed by atoms with Gasteiger partial charge in [0.2, 0.25) is 0 Å². The van der Waals surface area contributed by atoms with Crippen LogP contribution < -0.4 is 5.32 Å². The van der Waals surface area contributed by atoms with E-state index in [2.05, 4.69) is 34.5 Å². The summed E-state index contributed by atoms with van der Waals surface area (Å²) in [6.07, 6.45) is 2.90. The van der Waals surface area contributed by atoms with E-state index in [0.29, 0.717) is 11.5 Å². The Morgan fingerprint density at radius 1 is 1.08 bits per heavy atom. The minimum Gasteiger partial charge on any atom is -0.305 e. The number of nitrogens with zero attached hydrogens (tertiary/aromatic N) is 3. The van der Waals surface area contributed by atoms with Gasteiger partial charge in [-0.2, -0.15) is 5.10 Å². The average Bonchev–Trinajstić information content (AvgIpc) is 3.18. The van der Waals surface area contributed by atoms with Gasteiger partial charge < -0.3 is 5.32 Å². The zero-order chi connectivity index (χ0) is 17.4. The number of anilines is 1. The third-order valence-corrected chi connectivity index (χ3v) is 4.55. The predicted octanol–water partition coefficient (Wildman–Crippen LogP) is 3.63. The smallest absolute Gasteiger partial charge is 0.277 e. The number of hydrogen-bond acceptors (Lipinski definition) is 3. The van der Waals surface area contributed by atoms with Gasteiger partial charge >= 0.3 is 0 Å². The molecule has 3 aromatic rings. The molecular weight excluding hydrogens is 312 g/mol. The lowest BCUT2D eigenvalue weighted by atomic mass is 10.2. The molecule has 0 fully saturated rings. The van der Waals surface area contributed by atoms with E-state index in [4.69, 9.17) is 0 Å². The summed E-state index contributed by atoms with van der Waals surface area (Å²) in [7, 11) is 0. The molecule has 0 atom stereocenters. The number of nitrogens with one attached hydrogen (secondary N) is 1. The van der Waals surface area contributed by atoms with Crippen LogP contribution in [0.2, 0.25) is 0 Å². The van der Waals surface area contributed by atoms with Gasteiger partial charge in [0.1, 0.15) is 5.82 Å². The number of pyridine rings is 1. The molecule has 1 aliphatic rings. The number of benzene rings is 1. The average molecular weight is 332 g/mol. The molecular formula is C20H20N4O. The quantitative estimate of drug-likeness (QED) is 0.797. The molecule has 0 saturated heterocycles. The Morgan fingerprint density at radius 3 is 2.64 bits per heavy atom. The molecule has 5 nitrogen and oxygen atoms in total. The zero-order valence-corrected chi connectivity index (χ0v) is 14.4. The van der Waals surface area contributed by atoms with Gasteiger partial charge in [-0.3, -0.25) is 4.79 Å². The van der Waals surface area contributed by atoms with Gasteiger partial charge in [-0.25, -0.2) is 9.67 Å². The van der Waals surface area contributed by atoms with Crippen LogP contribution in [0.3, 0.4) is 0 Å². The van der Waals surface area contributed by atoms with Crippen molar-refractivity contribution in [3.8, 4) is 5.69 Å². The fourth-order valence-electron chi connectivity index (χ4n) is 3.31. The molecule has 5 heteroatoms. The van der Waals surface area contributed by atoms with Gasteiger partial charge in [-0.05, 0) is 57.4 Å². The molecule has 0 saturated carbocycles. The topological polar surface area (TPSA) is 59.8 Å². The summed E-state index contributed by atoms with van der Waals surface area (Å²) >= 11 is 0. The number of aryl methyl sites for hydroxylation is 2. The largest absolute Gasteiger partial charge is 0.305 e. The van der Waals surface area contributed by atoms with Crippen molar-refractivity contribution < 1.29 is 4.79 Å². The van der Waals surface area contributed by atoms with Gasteiger partial charge in [0.05, 0.1) is 5.69 Å². The Kier molecular flexibility index (Phi) is 3.84. The van der Waals surface area contributed by atoms with Gasteiger partial charge in [0.15, 0.2) is 5.69 Å². The Balaban J connectivity index is 1.69. The lowest BCUT2D eigenvalue weighted by Gasteiger charge is -2.06. The van der Waals surface area contributed by atoms with Crippen LogP contribution in [0.5, 0.6) is 0 Å². The first-order chi connectivity index (χ1) is 12.1. The molecule has 126 valence electrons. The first-order valence-corrected chi connectivity index (χ1v) is 8.54. The molecule has 0 unspecified atom stereocenters. The normalized spacial score (nSPS) is 12.9. The van der Waals surface area contributed by atoms with Crippen molar-refractivity contribution in [2.75, 3.05) is 5.32 Å². The summed E-state index contributed by atoms with van der Waals surface area (Å²) in [5.74, 6) is 0.365. The number of rotatable bonds is 3. The number of carbonyl (C=O) groups excluding carboxylic acids is 1. The van der Waals surface area contributed by atoms with Crippen molar-refractivity contribution in [1.82, 2.24) is 14.8 Å². The van der Waals surface area contributed by atoms with Crippen molar-refractivity contribution >= 4 is 11.7 Å². The summed E-state index contributed by atoms with van der Waals surface area (Å²) in [4.78, 5) is 17.1. The van der Waals surface area contributed by atoms with E-state index in [1.54, 1.807) is 6.07 Å². The zero-order valence-electron chi connectivity index (χ0n) is 14.4. The molecule has 1 N–H and O–H groups in total. The first-order valence-electron chi connectivity index (χ1n) is 8.54. The van der Waals surface area contributed by atoms with Gasteiger partial charge in [-0.1, -0.05) is 23.8 Å². The Bertz CT molecular complexity index is 941. The molecule has 0 radical (unpaired) electrons. The number of amides is 1. The monoisotopic (exact) mass is 332 g/mol. The molecule has 1 amide bonds. The van der Waals surface area contributed by atoms with Gasteiger partial charge in [0, 0.05) is 17.0 Å². The number of fused-ring (bicyclic) bond motifs is 1. The van der Waals surface area contributed by atoms with E-state index in [9.17, 15) is 4.79 Å². The van der Waals surface area contributed by atoms with Crippen LogP contribution >= 0.6 is 0 Å². The van der Waals surface area contributed by atoms with E-state index < -0.39 is 0 Å². The van der Waals surface area contributed by atoms with Crippen LogP contribution in [0.15, 0.2) is 42.5 Å². The summed E-state index contributed by atoms with van der Waals surface area (Å²) in [6, 6.07) is 13.8. The van der Waals surface area contributed by atoms with Crippen LogP contribution in [0.25, 0.3) is 5.69 Å². The van der Waals surface area contributed by atoms with Crippen molar-refractivity contribution in [3.05, 3.63) is 70.7 Å². The lowest BCUT2D eigenvalue weighted by Crippen LogP contribution is -2.16. The molecule has 1 aliphatic carbocycles. The summed E-state index contributed by atoms with van der Waals surface area (Å²) in [5.41, 5.74) is 5.79. The maximum Gasteiger partial charge on any atom is 0.277 e. The van der Waals surface area contributed by atoms with Crippen LogP contribution in [0.4, 0.5) is 5.82 Å². The predicted molar refractivity (Wildman–Crippen MR) is 97.3 cm³/mol. The molecule has 25 heavy (non-hydrogen) atoms. The fourth-order valence-corrected chi connectivity index (χ4v) is 3.31. The van der Waals surface area contributed by atoms with E-state index in [0.717, 1.165) is 41.9 Å². The number of carbonyl (C=O) groups is 1. The molecule has 1 aromatic carbocycles. The standard InChI is InChI=1S/C20H20N4O/c1-13-9-11-15(12-10-13)24-17-7-4-6-16(17)19(23-24)20(25)22-18-8-3-5-14(2)21-18/h3,5,8-12H,4,6-7H2,1-2H3,(H,21,22,25). The third-order valence-electron chi connectivity index (χ3n) is 4.55. The minimum absolute atomic E-state index is 0.192. The Hall–Kier alpha value is -2.95. The van der Waals surface area contributed by atoms with Crippen LogP contribution in [0, 0.1) is 13.8 Å². The lowest BCUT2D eigenvalue weighted by molar-refractivity contribution is 0.102. The molecule has 2 aromatic heterocycles. The first kappa shape index (κ1) is 15.6. The minimum atomic E-state index is -0.192. The summed E-state index contributed by atoms with van der Waals surface area (Å²) in [5, 5.41) is 7.50. The van der Waals surface area contributed by atoms with Crippen molar-refractivity contribution in [3.63, 3.8) is 0 Å². The van der Waals surface area contributed by atoms with E-state index in [1.165, 1.54) is 5.56 Å². The molecule has 0 bridgehead atoms. The second-order valence-electron chi connectivity index (χ2n) is 6.49. The molecule has 4 rings (SSSR count). The fraction of sp³-hybridized carbons (Fsp3) is 0.250. The van der Waals surface area contributed by atoms with Crippen LogP contribution in [-0.4, -0.2) is 20.7 Å². The Labute approximate surface area is 146 Å². The SMILES string of the molecule is Cc1ccc(-n2nc(C(=O)Nc3cccc(C)n3)c3c2CCC3)cc1. The van der Waals surface area contributed by atoms with Crippen LogP contribution in [0.1, 0.15) is 39.4 Å². The highest BCUT2D eigenvalue weighted by Crippen LogP contribution is 2.28. The van der Waals surface area contributed by atoms with Crippen molar-refractivity contribution in [2.45, 2.75) is 33.1 Å². The highest BCUT2D eigenvalue weighted by molar-refractivity contribution is 6.03. The highest BCUT2D eigenvalue weighted by Gasteiger charge is 2.27. The van der Waals surface area contributed by atoms with Gasteiger partial charge in [-0.15, -0.1) is 0 Å². The van der Waals surface area contributed by atoms with Gasteiger partial charge in [0.25, 0.3) is 5.91 Å². The molecule has 0 spiro atoms. The van der Waals surface area contributed by atoms with E-state index in [1.807, 2.05) is 35.9 Å². The summed E-state index contributed by atoms with van der Waals surface area (Å²) < 4.78 is 1.92. The summed E-state index contributed by atoms with van der Waals surface area (Å²) in [6.45, 7) is 3.96. The maximum absolute atomic E-state index is 12.8. The maximum atomic E-state index is 12.8. The Morgan fingerprint density at radius 2 is 1.88 bits per heavy atom.